The molecule has 1 aromatic rings. The fourth-order valence-corrected chi connectivity index (χ4v) is 4.11. The summed E-state index contributed by atoms with van der Waals surface area (Å²) in [7, 11) is 3.08. The molecule has 1 aromatic carbocycles. The summed E-state index contributed by atoms with van der Waals surface area (Å²) in [6, 6.07) is 3.49. The summed E-state index contributed by atoms with van der Waals surface area (Å²) in [5, 5.41) is 10.7. The van der Waals surface area contributed by atoms with Crippen LogP contribution in [0.4, 0.5) is 0 Å². The Kier molecular flexibility index (Phi) is 8.16. The summed E-state index contributed by atoms with van der Waals surface area (Å²) in [5.41, 5.74) is 1.13. The lowest BCUT2D eigenvalue weighted by molar-refractivity contribution is -0.152. The van der Waals surface area contributed by atoms with Crippen LogP contribution in [0.5, 0.6) is 11.5 Å². The number of aliphatic hydroxyl groups is 1. The van der Waals surface area contributed by atoms with Crippen molar-refractivity contribution in [3.05, 3.63) is 35.4 Å². The monoisotopic (exact) mass is 450 g/mol. The quantitative estimate of drug-likeness (QED) is 0.424. The van der Waals surface area contributed by atoms with Gasteiger partial charge in [0, 0.05) is 19.6 Å². The van der Waals surface area contributed by atoms with Gasteiger partial charge in [-0.3, -0.25) is 0 Å². The van der Waals surface area contributed by atoms with Crippen LogP contribution in [0.15, 0.2) is 24.3 Å². The maximum atomic E-state index is 13.1. The molecule has 32 heavy (non-hydrogen) atoms. The number of hydrogen-bond donors (Lipinski definition) is 1. The smallest absolute Gasteiger partial charge is 0.342 e. The van der Waals surface area contributed by atoms with E-state index < -0.39 is 30.1 Å². The molecule has 0 aliphatic carbocycles. The molecule has 0 aromatic heterocycles. The highest BCUT2D eigenvalue weighted by Gasteiger charge is 2.43. The fourth-order valence-electron chi connectivity index (χ4n) is 4.11. The maximum Gasteiger partial charge on any atom is 0.342 e. The Morgan fingerprint density at radius 3 is 2.72 bits per heavy atom. The minimum atomic E-state index is -0.811. The minimum Gasteiger partial charge on any atom is -0.497 e. The van der Waals surface area contributed by atoms with Crippen molar-refractivity contribution >= 4 is 5.97 Å². The van der Waals surface area contributed by atoms with Gasteiger partial charge in [0.05, 0.1) is 13.2 Å². The van der Waals surface area contributed by atoms with Crippen molar-refractivity contribution in [2.45, 2.75) is 76.7 Å². The Labute approximate surface area is 189 Å². The molecule has 2 aliphatic rings. The molecule has 0 radical (unpaired) electrons. The molecule has 3 rings (SSSR count). The highest BCUT2D eigenvalue weighted by Crippen LogP contribution is 2.35. The summed E-state index contributed by atoms with van der Waals surface area (Å²) in [6.45, 7) is 5.49. The first-order chi connectivity index (χ1) is 15.2. The van der Waals surface area contributed by atoms with Crippen molar-refractivity contribution in [1.29, 1.82) is 0 Å². The van der Waals surface area contributed by atoms with Crippen molar-refractivity contribution < 1.29 is 38.3 Å². The lowest BCUT2D eigenvalue weighted by Crippen LogP contribution is -2.34. The molecule has 4 atom stereocenters. The Morgan fingerprint density at radius 2 is 2.00 bits per heavy atom. The van der Waals surface area contributed by atoms with Crippen LogP contribution >= 0.6 is 0 Å². The molecule has 0 spiro atoms. The molecule has 0 amide bonds. The first kappa shape index (κ1) is 24.5. The van der Waals surface area contributed by atoms with Crippen molar-refractivity contribution in [2.24, 2.45) is 0 Å². The summed E-state index contributed by atoms with van der Waals surface area (Å²) >= 11 is 0. The number of cyclic esters (lactones) is 1. The number of aliphatic hydroxyl groups excluding tert-OH is 1. The number of ether oxygens (including phenoxy) is 6. The molecule has 8 heteroatoms. The van der Waals surface area contributed by atoms with Gasteiger partial charge in [0.1, 0.15) is 35.4 Å². The number of benzene rings is 1. The Bertz CT molecular complexity index is 818. The molecule has 1 N–H and O–H groups in total. The van der Waals surface area contributed by atoms with Crippen LogP contribution in [0.1, 0.15) is 56.0 Å². The zero-order valence-electron chi connectivity index (χ0n) is 19.5. The average Bonchev–Trinajstić information content (AvgIpc) is 3.05. The van der Waals surface area contributed by atoms with Gasteiger partial charge in [0.25, 0.3) is 0 Å². The van der Waals surface area contributed by atoms with Gasteiger partial charge in [-0.2, -0.15) is 0 Å². The molecule has 1 fully saturated rings. The highest BCUT2D eigenvalue weighted by atomic mass is 16.8. The molecule has 0 bridgehead atoms. The van der Waals surface area contributed by atoms with Gasteiger partial charge in [-0.15, -0.1) is 0 Å². The van der Waals surface area contributed by atoms with E-state index >= 15 is 0 Å². The lowest BCUT2D eigenvalue weighted by atomic mass is 9.96. The predicted molar refractivity (Wildman–Crippen MR) is 117 cm³/mol. The molecule has 0 saturated carbocycles. The van der Waals surface area contributed by atoms with E-state index in [0.29, 0.717) is 42.7 Å². The van der Waals surface area contributed by atoms with Crippen molar-refractivity contribution in [3.63, 3.8) is 0 Å². The van der Waals surface area contributed by atoms with Crippen molar-refractivity contribution in [2.75, 3.05) is 21.0 Å². The molecule has 2 heterocycles. The summed E-state index contributed by atoms with van der Waals surface area (Å²) < 4.78 is 33.9. The van der Waals surface area contributed by atoms with Gasteiger partial charge in [0.2, 0.25) is 0 Å². The highest BCUT2D eigenvalue weighted by molar-refractivity contribution is 5.94. The average molecular weight is 451 g/mol. The van der Waals surface area contributed by atoms with Crippen LogP contribution in [0.2, 0.25) is 0 Å². The van der Waals surface area contributed by atoms with E-state index in [9.17, 15) is 9.90 Å². The summed E-state index contributed by atoms with van der Waals surface area (Å²) in [6.07, 6.45) is 3.91. The first-order valence-corrected chi connectivity index (χ1v) is 11.0. The van der Waals surface area contributed by atoms with Crippen LogP contribution in [0.3, 0.4) is 0 Å². The van der Waals surface area contributed by atoms with E-state index in [0.717, 1.165) is 5.56 Å². The van der Waals surface area contributed by atoms with Crippen LogP contribution in [-0.2, 0) is 25.4 Å². The second kappa shape index (κ2) is 10.7. The van der Waals surface area contributed by atoms with Gasteiger partial charge in [-0.1, -0.05) is 12.2 Å². The minimum absolute atomic E-state index is 0.00686. The molecule has 8 nitrogen and oxygen atoms in total. The van der Waals surface area contributed by atoms with E-state index in [-0.39, 0.29) is 12.9 Å². The Balaban J connectivity index is 1.95. The van der Waals surface area contributed by atoms with Gasteiger partial charge in [-0.05, 0) is 51.7 Å². The van der Waals surface area contributed by atoms with Crippen LogP contribution < -0.4 is 9.47 Å². The second-order valence-corrected chi connectivity index (χ2v) is 8.61. The number of methoxy groups -OCH3 is 2. The van der Waals surface area contributed by atoms with Crippen LogP contribution in [0, 0.1) is 0 Å². The fraction of sp³-hybridized carbons (Fsp3) is 0.625. The Hall–Kier alpha value is -2.13. The lowest BCUT2D eigenvalue weighted by Gasteiger charge is -2.22. The van der Waals surface area contributed by atoms with Crippen LogP contribution in [-0.4, -0.2) is 62.3 Å². The molecule has 2 aliphatic heterocycles. The molecule has 1 saturated heterocycles. The van der Waals surface area contributed by atoms with Gasteiger partial charge in [0.15, 0.2) is 12.6 Å². The summed E-state index contributed by atoms with van der Waals surface area (Å²) in [4.78, 5) is 13.1. The Morgan fingerprint density at radius 1 is 1.22 bits per heavy atom. The summed E-state index contributed by atoms with van der Waals surface area (Å²) in [5.74, 6) is -0.301. The van der Waals surface area contributed by atoms with Gasteiger partial charge < -0.3 is 33.5 Å². The maximum absolute atomic E-state index is 13.1. The SMILES string of the molecule is COCOc1cc(OC)cc2c1C(=O)OC(C)CC=CC(O)C1OC(C)(C)O[C@H]1CCC2. The van der Waals surface area contributed by atoms with Crippen molar-refractivity contribution in [3.8, 4) is 11.5 Å². The third-order valence-corrected chi connectivity index (χ3v) is 5.53. The van der Waals surface area contributed by atoms with Crippen LogP contribution in [0.25, 0.3) is 0 Å². The van der Waals surface area contributed by atoms with Crippen molar-refractivity contribution in [1.82, 2.24) is 0 Å². The van der Waals surface area contributed by atoms with Gasteiger partial charge >= 0.3 is 5.97 Å². The standard InChI is InChI=1S/C24H34O8/c1-15-8-6-10-18(25)22-19(31-24(2,3)32-22)11-7-9-16-12-17(28-5)13-20(29-14-27-4)21(16)23(26)30-15/h6,10,12-13,15,18-19,22,25H,7-9,11,14H2,1-5H3/t15?,18?,19-,22?/m0/s1. The number of rotatable bonds is 4. The third kappa shape index (κ3) is 6.01. The number of hydrogen-bond acceptors (Lipinski definition) is 8. The zero-order chi connectivity index (χ0) is 23.3. The topological polar surface area (TPSA) is 92.7 Å². The normalized spacial score (nSPS) is 28.2. The molecular weight excluding hydrogens is 416 g/mol. The number of esters is 1. The third-order valence-electron chi connectivity index (χ3n) is 5.53. The van der Waals surface area contributed by atoms with E-state index in [1.54, 1.807) is 32.3 Å². The van der Waals surface area contributed by atoms with E-state index in [4.69, 9.17) is 28.4 Å². The van der Waals surface area contributed by atoms with E-state index in [1.807, 2.05) is 19.9 Å². The van der Waals surface area contributed by atoms with E-state index in [1.165, 1.54) is 7.11 Å². The number of aryl methyl sites for hydroxylation is 1. The number of fused-ring (bicyclic) bond motifs is 2. The predicted octanol–water partition coefficient (Wildman–Crippen LogP) is 3.39. The molecular formula is C24H34O8. The number of carbonyl (C=O) groups excluding carboxylic acids is 1. The number of carbonyl (C=O) groups is 1. The molecule has 178 valence electrons. The second-order valence-electron chi connectivity index (χ2n) is 8.61. The largest absolute Gasteiger partial charge is 0.497 e. The van der Waals surface area contributed by atoms with Gasteiger partial charge in [-0.25, -0.2) is 4.79 Å². The zero-order valence-corrected chi connectivity index (χ0v) is 19.5. The molecule has 3 unspecified atom stereocenters. The first-order valence-electron chi connectivity index (χ1n) is 11.0. The van der Waals surface area contributed by atoms with E-state index in [2.05, 4.69) is 0 Å².